The van der Waals surface area contributed by atoms with E-state index in [1.54, 1.807) is 12.3 Å². The standard InChI is InChI=1S/C31H40FN3/c1-9-20(3)19-35-25(8)31(24(7)33)30(26-13-11-21(4)12-14-26)23(6)17-22(5)28-18-27(32)15-16-29(28)34-10-2/h10-18,20,34-35H,2,8-9,19,33H2,1,3-7H3/b22-17+,30-23+,31-24-. The SMILES string of the molecule is C=CNc1ccc(F)cc1/C(C)=C/C(C)=C(/C(C(=C)NCC(C)CC)=C(/C)N)c1ccc(C)cc1. The minimum atomic E-state index is -0.288. The summed E-state index contributed by atoms with van der Waals surface area (Å²) in [6.45, 7) is 21.3. The zero-order valence-corrected chi connectivity index (χ0v) is 22.1. The second-order valence-corrected chi connectivity index (χ2v) is 9.22. The molecule has 0 spiro atoms. The Hall–Kier alpha value is -3.53. The van der Waals surface area contributed by atoms with Gasteiger partial charge in [-0.05, 0) is 80.3 Å². The second-order valence-electron chi connectivity index (χ2n) is 9.22. The maximum absolute atomic E-state index is 14.1. The largest absolute Gasteiger partial charge is 0.402 e. The first kappa shape index (κ1) is 27.7. The van der Waals surface area contributed by atoms with Crippen molar-refractivity contribution in [3.8, 4) is 0 Å². The molecule has 0 saturated heterocycles. The van der Waals surface area contributed by atoms with E-state index in [4.69, 9.17) is 5.73 Å². The molecule has 0 bridgehead atoms. The lowest BCUT2D eigenvalue weighted by atomic mass is 9.88. The monoisotopic (exact) mass is 473 g/mol. The van der Waals surface area contributed by atoms with Gasteiger partial charge in [0.05, 0.1) is 0 Å². The molecule has 0 amide bonds. The summed E-state index contributed by atoms with van der Waals surface area (Å²) in [5.74, 6) is 0.230. The highest BCUT2D eigenvalue weighted by atomic mass is 19.1. The van der Waals surface area contributed by atoms with Crippen molar-refractivity contribution in [2.75, 3.05) is 11.9 Å². The predicted molar refractivity (Wildman–Crippen MR) is 151 cm³/mol. The lowest BCUT2D eigenvalue weighted by molar-refractivity contribution is 0.532. The molecule has 186 valence electrons. The molecular formula is C31H40FN3. The summed E-state index contributed by atoms with van der Waals surface area (Å²) in [5.41, 5.74) is 15.6. The quantitative estimate of drug-likeness (QED) is 0.290. The molecule has 2 aromatic carbocycles. The van der Waals surface area contributed by atoms with E-state index in [0.717, 1.165) is 57.8 Å². The third-order valence-corrected chi connectivity index (χ3v) is 6.14. The molecule has 3 nitrogen and oxygen atoms in total. The Morgan fingerprint density at radius 2 is 1.77 bits per heavy atom. The average molecular weight is 474 g/mol. The molecule has 0 aromatic heterocycles. The minimum Gasteiger partial charge on any atom is -0.402 e. The van der Waals surface area contributed by atoms with Gasteiger partial charge in [0.1, 0.15) is 5.82 Å². The number of hydrogen-bond donors (Lipinski definition) is 3. The van der Waals surface area contributed by atoms with Gasteiger partial charge in [0.15, 0.2) is 0 Å². The van der Waals surface area contributed by atoms with Crippen molar-refractivity contribution in [3.63, 3.8) is 0 Å². The van der Waals surface area contributed by atoms with Gasteiger partial charge in [-0.2, -0.15) is 0 Å². The maximum Gasteiger partial charge on any atom is 0.123 e. The fraction of sp³-hybridized carbons (Fsp3) is 0.290. The van der Waals surface area contributed by atoms with Gasteiger partial charge >= 0.3 is 0 Å². The summed E-state index contributed by atoms with van der Waals surface area (Å²) >= 11 is 0. The van der Waals surface area contributed by atoms with Crippen molar-refractivity contribution >= 4 is 16.8 Å². The smallest absolute Gasteiger partial charge is 0.123 e. The van der Waals surface area contributed by atoms with Crippen molar-refractivity contribution in [1.82, 2.24) is 5.32 Å². The Labute approximate surface area is 211 Å². The van der Waals surface area contributed by atoms with Crippen molar-refractivity contribution in [2.24, 2.45) is 11.7 Å². The highest BCUT2D eigenvalue weighted by Crippen LogP contribution is 2.34. The van der Waals surface area contributed by atoms with Crippen molar-refractivity contribution < 1.29 is 4.39 Å². The number of hydrogen-bond acceptors (Lipinski definition) is 3. The molecule has 0 aliphatic rings. The first-order valence-electron chi connectivity index (χ1n) is 12.1. The van der Waals surface area contributed by atoms with Crippen molar-refractivity contribution in [3.05, 3.63) is 113 Å². The molecule has 0 radical (unpaired) electrons. The highest BCUT2D eigenvalue weighted by molar-refractivity contribution is 5.89. The molecule has 1 atom stereocenters. The number of benzene rings is 2. The van der Waals surface area contributed by atoms with E-state index < -0.39 is 0 Å². The van der Waals surface area contributed by atoms with Gasteiger partial charge in [-0.25, -0.2) is 4.39 Å². The maximum atomic E-state index is 14.1. The number of nitrogens with two attached hydrogens (primary N) is 1. The third kappa shape index (κ3) is 7.48. The Morgan fingerprint density at radius 3 is 2.34 bits per heavy atom. The van der Waals surface area contributed by atoms with E-state index in [0.29, 0.717) is 11.6 Å². The third-order valence-electron chi connectivity index (χ3n) is 6.14. The van der Waals surface area contributed by atoms with Crippen LogP contribution in [0.4, 0.5) is 10.1 Å². The van der Waals surface area contributed by atoms with E-state index in [2.05, 4.69) is 81.8 Å². The second kappa shape index (κ2) is 12.8. The first-order chi connectivity index (χ1) is 16.6. The molecule has 2 aromatic rings. The Morgan fingerprint density at radius 1 is 1.11 bits per heavy atom. The van der Waals surface area contributed by atoms with Gasteiger partial charge in [0, 0.05) is 34.8 Å². The topological polar surface area (TPSA) is 50.1 Å². The van der Waals surface area contributed by atoms with E-state index in [1.807, 2.05) is 13.8 Å². The van der Waals surface area contributed by atoms with Gasteiger partial charge in [0.2, 0.25) is 0 Å². The molecule has 0 saturated carbocycles. The summed E-state index contributed by atoms with van der Waals surface area (Å²) < 4.78 is 14.1. The molecule has 0 aliphatic carbocycles. The number of aryl methyl sites for hydroxylation is 1. The van der Waals surface area contributed by atoms with Crippen LogP contribution in [0.1, 0.15) is 57.7 Å². The fourth-order valence-corrected chi connectivity index (χ4v) is 3.96. The highest BCUT2D eigenvalue weighted by Gasteiger charge is 2.17. The van der Waals surface area contributed by atoms with Gasteiger partial charge < -0.3 is 16.4 Å². The predicted octanol–water partition coefficient (Wildman–Crippen LogP) is 7.95. The molecule has 0 heterocycles. The average Bonchev–Trinajstić information content (AvgIpc) is 2.82. The Bertz CT molecular complexity index is 1150. The Balaban J connectivity index is 2.70. The normalized spacial score (nSPS) is 14.0. The van der Waals surface area contributed by atoms with Crippen LogP contribution in [-0.2, 0) is 0 Å². The molecule has 2 rings (SSSR count). The van der Waals surface area contributed by atoms with E-state index >= 15 is 0 Å². The number of halogens is 1. The molecule has 4 heteroatoms. The van der Waals surface area contributed by atoms with Gasteiger partial charge in [-0.3, -0.25) is 0 Å². The van der Waals surface area contributed by atoms with Crippen LogP contribution in [0.25, 0.3) is 11.1 Å². The van der Waals surface area contributed by atoms with Gasteiger partial charge in [0.25, 0.3) is 0 Å². The summed E-state index contributed by atoms with van der Waals surface area (Å²) in [7, 11) is 0. The first-order valence-corrected chi connectivity index (χ1v) is 12.1. The van der Waals surface area contributed by atoms with Crippen molar-refractivity contribution in [1.29, 1.82) is 0 Å². The van der Waals surface area contributed by atoms with E-state index in [9.17, 15) is 4.39 Å². The van der Waals surface area contributed by atoms with Gasteiger partial charge in [-0.15, -0.1) is 0 Å². The lowest BCUT2D eigenvalue weighted by Gasteiger charge is -2.22. The van der Waals surface area contributed by atoms with Crippen LogP contribution in [0, 0.1) is 18.7 Å². The molecule has 4 N–H and O–H groups in total. The van der Waals surface area contributed by atoms with Crippen molar-refractivity contribution in [2.45, 2.75) is 48.0 Å². The van der Waals surface area contributed by atoms with E-state index in [1.165, 1.54) is 17.7 Å². The van der Waals surface area contributed by atoms with Crippen LogP contribution >= 0.6 is 0 Å². The number of rotatable bonds is 11. The van der Waals surface area contributed by atoms with Gasteiger partial charge in [-0.1, -0.05) is 69.3 Å². The number of nitrogens with one attached hydrogen (secondary N) is 2. The molecule has 0 fully saturated rings. The minimum absolute atomic E-state index is 0.288. The van der Waals surface area contributed by atoms with Crippen LogP contribution < -0.4 is 16.4 Å². The van der Waals surface area contributed by atoms with Crippen LogP contribution in [-0.4, -0.2) is 6.54 Å². The van der Waals surface area contributed by atoms with Crippen LogP contribution in [0.15, 0.2) is 90.4 Å². The molecule has 1 unspecified atom stereocenters. The zero-order valence-electron chi connectivity index (χ0n) is 22.1. The summed E-state index contributed by atoms with van der Waals surface area (Å²) in [6, 6.07) is 13.1. The summed E-state index contributed by atoms with van der Waals surface area (Å²) in [5, 5.41) is 6.60. The fourth-order valence-electron chi connectivity index (χ4n) is 3.96. The zero-order chi connectivity index (χ0) is 26.1. The summed E-state index contributed by atoms with van der Waals surface area (Å²) in [4.78, 5) is 0. The Kier molecular flexibility index (Phi) is 10.1. The number of allylic oxidation sites excluding steroid dienone is 5. The van der Waals surface area contributed by atoms with E-state index in [-0.39, 0.29) is 5.82 Å². The molecule has 35 heavy (non-hydrogen) atoms. The lowest BCUT2D eigenvalue weighted by Crippen LogP contribution is -2.22. The molecular weight excluding hydrogens is 433 g/mol. The van der Waals surface area contributed by atoms with Crippen LogP contribution in [0.5, 0.6) is 0 Å². The molecule has 0 aliphatic heterocycles. The van der Waals surface area contributed by atoms with Crippen LogP contribution in [0.3, 0.4) is 0 Å². The number of anilines is 1. The summed E-state index contributed by atoms with van der Waals surface area (Å²) in [6.07, 6.45) is 4.75. The van der Waals surface area contributed by atoms with Crippen LogP contribution in [0.2, 0.25) is 0 Å².